The molecule has 1 heterocycles. The number of rotatable bonds is 2. The Bertz CT molecular complexity index is 513. The van der Waals surface area contributed by atoms with Crippen molar-refractivity contribution in [2.45, 2.75) is 33.1 Å². The Kier molecular flexibility index (Phi) is 4.31. The quantitative estimate of drug-likeness (QED) is 0.756. The molecule has 0 N–H and O–H groups in total. The van der Waals surface area contributed by atoms with Crippen molar-refractivity contribution in [3.63, 3.8) is 0 Å². The predicted octanol–water partition coefficient (Wildman–Crippen LogP) is 3.75. The molecule has 0 saturated heterocycles. The zero-order valence-corrected chi connectivity index (χ0v) is 11.6. The van der Waals surface area contributed by atoms with E-state index >= 15 is 0 Å². The highest BCUT2D eigenvalue weighted by atomic mass is 19.1. The molecule has 0 bridgehead atoms. The maximum absolute atomic E-state index is 14.1. The largest absolute Gasteiger partial charge is 0.486 e. The summed E-state index contributed by atoms with van der Waals surface area (Å²) in [5, 5.41) is 0. The molecule has 0 radical (unpaired) electrons. The van der Waals surface area contributed by atoms with Crippen LogP contribution < -0.4 is 9.47 Å². The summed E-state index contributed by atoms with van der Waals surface area (Å²) in [6.45, 7) is 7.00. The van der Waals surface area contributed by atoms with Crippen LogP contribution in [0.1, 0.15) is 38.7 Å². The van der Waals surface area contributed by atoms with Gasteiger partial charge in [-0.3, -0.25) is 0 Å². The molecular formula is C16H19FO2. The fourth-order valence-corrected chi connectivity index (χ4v) is 2.09. The molecule has 0 saturated carbocycles. The van der Waals surface area contributed by atoms with Crippen molar-refractivity contribution >= 4 is 0 Å². The van der Waals surface area contributed by atoms with Gasteiger partial charge in [-0.25, -0.2) is 4.39 Å². The summed E-state index contributed by atoms with van der Waals surface area (Å²) < 4.78 is 25.0. The molecule has 0 aliphatic carbocycles. The summed E-state index contributed by atoms with van der Waals surface area (Å²) in [6, 6.07) is 3.17. The van der Waals surface area contributed by atoms with E-state index in [0.717, 1.165) is 6.42 Å². The standard InChI is InChI=1S/C16H19FO2/c1-4-5-6-11(2)12(3)13-9-15-16(10-14(13)17)19-8-7-18-15/h9-12H,4,7-8H2,1-3H3. The lowest BCUT2D eigenvalue weighted by Gasteiger charge is -2.22. The van der Waals surface area contributed by atoms with Crippen LogP contribution in [0.2, 0.25) is 0 Å². The van der Waals surface area contributed by atoms with Crippen molar-refractivity contribution in [1.29, 1.82) is 0 Å². The normalized spacial score (nSPS) is 16.2. The van der Waals surface area contributed by atoms with E-state index in [0.29, 0.717) is 30.3 Å². The fraction of sp³-hybridized carbons (Fsp3) is 0.500. The first-order valence-electron chi connectivity index (χ1n) is 6.71. The first kappa shape index (κ1) is 13.7. The van der Waals surface area contributed by atoms with Crippen LogP contribution in [0, 0.1) is 23.6 Å². The van der Waals surface area contributed by atoms with Crippen molar-refractivity contribution in [3.8, 4) is 23.3 Å². The van der Waals surface area contributed by atoms with E-state index in [1.165, 1.54) is 6.07 Å². The van der Waals surface area contributed by atoms with E-state index in [9.17, 15) is 4.39 Å². The Morgan fingerprint density at radius 1 is 1.21 bits per heavy atom. The minimum atomic E-state index is -0.248. The van der Waals surface area contributed by atoms with Gasteiger partial charge in [0.1, 0.15) is 19.0 Å². The third kappa shape index (κ3) is 3.01. The lowest BCUT2D eigenvalue weighted by Crippen LogP contribution is -2.16. The third-order valence-electron chi connectivity index (χ3n) is 3.41. The van der Waals surface area contributed by atoms with Crippen LogP contribution in [0.15, 0.2) is 12.1 Å². The number of benzene rings is 1. The van der Waals surface area contributed by atoms with Gasteiger partial charge in [0.15, 0.2) is 11.5 Å². The van der Waals surface area contributed by atoms with Crippen LogP contribution in [-0.4, -0.2) is 13.2 Å². The van der Waals surface area contributed by atoms with E-state index in [1.807, 2.05) is 20.8 Å². The average Bonchev–Trinajstić information content (AvgIpc) is 2.43. The summed E-state index contributed by atoms with van der Waals surface area (Å²) in [5.41, 5.74) is 0.641. The van der Waals surface area contributed by atoms with E-state index in [2.05, 4.69) is 11.8 Å². The molecule has 1 aromatic carbocycles. The van der Waals surface area contributed by atoms with Gasteiger partial charge in [-0.1, -0.05) is 26.7 Å². The van der Waals surface area contributed by atoms with Gasteiger partial charge < -0.3 is 9.47 Å². The van der Waals surface area contributed by atoms with Crippen LogP contribution >= 0.6 is 0 Å². The Hall–Kier alpha value is -1.69. The number of hydrogen-bond acceptors (Lipinski definition) is 2. The van der Waals surface area contributed by atoms with Gasteiger partial charge in [-0.2, -0.15) is 0 Å². The van der Waals surface area contributed by atoms with E-state index in [4.69, 9.17) is 9.47 Å². The Labute approximate surface area is 113 Å². The molecule has 2 unspecified atom stereocenters. The molecule has 1 aliphatic rings. The zero-order chi connectivity index (χ0) is 13.8. The van der Waals surface area contributed by atoms with Crippen LogP contribution in [0.25, 0.3) is 0 Å². The summed E-state index contributed by atoms with van der Waals surface area (Å²) in [6.07, 6.45) is 0.820. The van der Waals surface area contributed by atoms with Crippen molar-refractivity contribution in [2.24, 2.45) is 5.92 Å². The van der Waals surface area contributed by atoms with Gasteiger partial charge in [-0.05, 0) is 17.5 Å². The monoisotopic (exact) mass is 262 g/mol. The van der Waals surface area contributed by atoms with Gasteiger partial charge in [-0.15, -0.1) is 5.92 Å². The second-order valence-electron chi connectivity index (χ2n) is 4.77. The molecule has 102 valence electrons. The molecule has 1 aliphatic heterocycles. The number of ether oxygens (including phenoxy) is 2. The molecular weight excluding hydrogens is 243 g/mol. The minimum absolute atomic E-state index is 0.0230. The predicted molar refractivity (Wildman–Crippen MR) is 73.0 cm³/mol. The van der Waals surface area contributed by atoms with E-state index in [-0.39, 0.29) is 17.7 Å². The Balaban J connectivity index is 2.29. The second-order valence-corrected chi connectivity index (χ2v) is 4.77. The van der Waals surface area contributed by atoms with Crippen molar-refractivity contribution < 1.29 is 13.9 Å². The second kappa shape index (κ2) is 5.97. The maximum Gasteiger partial charge on any atom is 0.164 e. The molecule has 0 spiro atoms. The van der Waals surface area contributed by atoms with Gasteiger partial charge >= 0.3 is 0 Å². The molecule has 0 amide bonds. The van der Waals surface area contributed by atoms with E-state index in [1.54, 1.807) is 6.07 Å². The van der Waals surface area contributed by atoms with Gasteiger partial charge in [0.2, 0.25) is 0 Å². The zero-order valence-electron chi connectivity index (χ0n) is 11.6. The van der Waals surface area contributed by atoms with Gasteiger partial charge in [0, 0.05) is 18.4 Å². The van der Waals surface area contributed by atoms with Gasteiger partial charge in [0.05, 0.1) is 0 Å². The Morgan fingerprint density at radius 2 is 1.84 bits per heavy atom. The van der Waals surface area contributed by atoms with Crippen molar-refractivity contribution in [3.05, 3.63) is 23.5 Å². The maximum atomic E-state index is 14.1. The lowest BCUT2D eigenvalue weighted by atomic mass is 9.88. The summed E-state index contributed by atoms with van der Waals surface area (Å²) >= 11 is 0. The van der Waals surface area contributed by atoms with Crippen LogP contribution in [-0.2, 0) is 0 Å². The van der Waals surface area contributed by atoms with Crippen LogP contribution in [0.4, 0.5) is 4.39 Å². The van der Waals surface area contributed by atoms with Crippen LogP contribution in [0.5, 0.6) is 11.5 Å². The average molecular weight is 262 g/mol. The number of fused-ring (bicyclic) bond motifs is 1. The van der Waals surface area contributed by atoms with Gasteiger partial charge in [0.25, 0.3) is 0 Å². The highest BCUT2D eigenvalue weighted by Gasteiger charge is 2.21. The SMILES string of the molecule is CCC#CC(C)C(C)c1cc2c(cc1F)OCCO2. The third-order valence-corrected chi connectivity index (χ3v) is 3.41. The number of hydrogen-bond donors (Lipinski definition) is 0. The topological polar surface area (TPSA) is 18.5 Å². The Morgan fingerprint density at radius 3 is 2.47 bits per heavy atom. The van der Waals surface area contributed by atoms with Crippen molar-refractivity contribution in [1.82, 2.24) is 0 Å². The van der Waals surface area contributed by atoms with E-state index < -0.39 is 0 Å². The molecule has 0 aromatic heterocycles. The molecule has 0 fully saturated rings. The molecule has 3 heteroatoms. The minimum Gasteiger partial charge on any atom is -0.486 e. The fourth-order valence-electron chi connectivity index (χ4n) is 2.09. The van der Waals surface area contributed by atoms with Crippen molar-refractivity contribution in [2.75, 3.05) is 13.2 Å². The highest BCUT2D eigenvalue weighted by molar-refractivity contribution is 5.46. The summed E-state index contributed by atoms with van der Waals surface area (Å²) in [4.78, 5) is 0. The first-order valence-corrected chi connectivity index (χ1v) is 6.71. The molecule has 2 atom stereocenters. The summed E-state index contributed by atoms with van der Waals surface area (Å²) in [7, 11) is 0. The lowest BCUT2D eigenvalue weighted by molar-refractivity contribution is 0.170. The molecule has 19 heavy (non-hydrogen) atoms. The first-order chi connectivity index (χ1) is 9.13. The van der Waals surface area contributed by atoms with Crippen LogP contribution in [0.3, 0.4) is 0 Å². The highest BCUT2D eigenvalue weighted by Crippen LogP contribution is 2.37. The molecule has 2 rings (SSSR count). The smallest absolute Gasteiger partial charge is 0.164 e. The number of halogens is 1. The summed E-state index contributed by atoms with van der Waals surface area (Å²) in [5.74, 6) is 7.21. The molecule has 1 aromatic rings. The molecule has 2 nitrogen and oxygen atoms in total.